The number of anilines is 1. The molecule has 0 unspecified atom stereocenters. The molecule has 100 valence electrons. The van der Waals surface area contributed by atoms with Gasteiger partial charge in [0.1, 0.15) is 17.2 Å². The number of aromatic nitrogens is 1. The van der Waals surface area contributed by atoms with Crippen LogP contribution in [0.3, 0.4) is 0 Å². The van der Waals surface area contributed by atoms with Crippen LogP contribution in [0.2, 0.25) is 0 Å². The molecule has 2 aromatic rings. The predicted octanol–water partition coefficient (Wildman–Crippen LogP) is 3.02. The third-order valence-corrected chi connectivity index (χ3v) is 3.31. The summed E-state index contributed by atoms with van der Waals surface area (Å²) < 4.78 is 33.3. The summed E-state index contributed by atoms with van der Waals surface area (Å²) in [6, 6.07) is 2.25. The first-order valence-corrected chi connectivity index (χ1v) is 6.33. The molecule has 3 nitrogen and oxygen atoms in total. The summed E-state index contributed by atoms with van der Waals surface area (Å²) in [6.45, 7) is 3.49. The van der Waals surface area contributed by atoms with Crippen molar-refractivity contribution in [3.05, 3.63) is 35.0 Å². The standard InChI is InChI=1S/C14H14F2N2O/c1-2-17-13-8-7-19-6-5-11(8)18-14-10(16)4-3-9(15)12(13)14/h3-4H,2,5-7H2,1H3,(H,17,18). The fourth-order valence-corrected chi connectivity index (χ4v) is 2.46. The van der Waals surface area contributed by atoms with Crippen LogP contribution in [0.4, 0.5) is 14.5 Å². The molecule has 0 spiro atoms. The molecule has 1 aliphatic heterocycles. The highest BCUT2D eigenvalue weighted by atomic mass is 19.1. The van der Waals surface area contributed by atoms with Crippen LogP contribution in [-0.4, -0.2) is 18.1 Å². The number of hydrogen-bond donors (Lipinski definition) is 1. The molecule has 0 fully saturated rings. The Morgan fingerprint density at radius 3 is 2.89 bits per heavy atom. The zero-order valence-electron chi connectivity index (χ0n) is 10.6. The van der Waals surface area contributed by atoms with Crippen LogP contribution in [0.15, 0.2) is 12.1 Å². The highest BCUT2D eigenvalue weighted by molar-refractivity contribution is 5.94. The average molecular weight is 264 g/mol. The van der Waals surface area contributed by atoms with Crippen molar-refractivity contribution >= 4 is 16.6 Å². The number of hydrogen-bond acceptors (Lipinski definition) is 3. The van der Waals surface area contributed by atoms with E-state index in [2.05, 4.69) is 10.3 Å². The topological polar surface area (TPSA) is 34.2 Å². The number of ether oxygens (including phenoxy) is 1. The van der Waals surface area contributed by atoms with Crippen molar-refractivity contribution in [3.63, 3.8) is 0 Å². The van der Waals surface area contributed by atoms with Gasteiger partial charge >= 0.3 is 0 Å². The van der Waals surface area contributed by atoms with E-state index < -0.39 is 11.6 Å². The molecule has 0 atom stereocenters. The summed E-state index contributed by atoms with van der Waals surface area (Å²) in [5.74, 6) is -0.960. The Morgan fingerprint density at radius 1 is 1.32 bits per heavy atom. The number of nitrogens with one attached hydrogen (secondary N) is 1. The zero-order valence-corrected chi connectivity index (χ0v) is 10.6. The lowest BCUT2D eigenvalue weighted by Crippen LogP contribution is -2.16. The molecule has 0 aliphatic carbocycles. The Balaban J connectivity index is 2.39. The minimum atomic E-state index is -0.496. The van der Waals surface area contributed by atoms with Crippen LogP contribution in [0.25, 0.3) is 10.9 Å². The highest BCUT2D eigenvalue weighted by Gasteiger charge is 2.21. The Kier molecular flexibility index (Phi) is 3.06. The van der Waals surface area contributed by atoms with Gasteiger partial charge in [0.2, 0.25) is 0 Å². The van der Waals surface area contributed by atoms with Gasteiger partial charge < -0.3 is 10.1 Å². The maximum absolute atomic E-state index is 14.0. The maximum atomic E-state index is 14.0. The van der Waals surface area contributed by atoms with Crippen LogP contribution in [-0.2, 0) is 17.8 Å². The van der Waals surface area contributed by atoms with Gasteiger partial charge in [-0.2, -0.15) is 0 Å². The molecule has 1 aromatic carbocycles. The molecule has 5 heteroatoms. The summed E-state index contributed by atoms with van der Waals surface area (Å²) in [5.41, 5.74) is 2.33. The van der Waals surface area contributed by atoms with Crippen molar-refractivity contribution in [3.8, 4) is 0 Å². The largest absolute Gasteiger partial charge is 0.384 e. The molecule has 0 bridgehead atoms. The van der Waals surface area contributed by atoms with E-state index in [9.17, 15) is 8.78 Å². The van der Waals surface area contributed by atoms with E-state index in [-0.39, 0.29) is 10.9 Å². The van der Waals surface area contributed by atoms with Gasteiger partial charge in [0.25, 0.3) is 0 Å². The third-order valence-electron chi connectivity index (χ3n) is 3.31. The predicted molar refractivity (Wildman–Crippen MR) is 69.2 cm³/mol. The Morgan fingerprint density at radius 2 is 2.11 bits per heavy atom. The van der Waals surface area contributed by atoms with Crippen molar-refractivity contribution in [2.75, 3.05) is 18.5 Å². The normalized spacial score (nSPS) is 14.5. The first-order chi connectivity index (χ1) is 9.22. The molecular weight excluding hydrogens is 250 g/mol. The van der Waals surface area contributed by atoms with Gasteiger partial charge in [-0.15, -0.1) is 0 Å². The molecule has 0 radical (unpaired) electrons. The van der Waals surface area contributed by atoms with Crippen LogP contribution in [0.1, 0.15) is 18.2 Å². The monoisotopic (exact) mass is 264 g/mol. The summed E-state index contributed by atoms with van der Waals surface area (Å²) in [7, 11) is 0. The summed E-state index contributed by atoms with van der Waals surface area (Å²) in [5, 5.41) is 3.33. The van der Waals surface area contributed by atoms with E-state index in [4.69, 9.17) is 4.74 Å². The molecule has 2 heterocycles. The zero-order chi connectivity index (χ0) is 13.4. The van der Waals surface area contributed by atoms with Gasteiger partial charge in [-0.25, -0.2) is 13.8 Å². The van der Waals surface area contributed by atoms with E-state index in [1.165, 1.54) is 0 Å². The Bertz CT molecular complexity index is 643. The Labute approximate surface area is 109 Å². The highest BCUT2D eigenvalue weighted by Crippen LogP contribution is 2.34. The van der Waals surface area contributed by atoms with Gasteiger partial charge in [0.05, 0.1) is 30.0 Å². The molecule has 1 aromatic heterocycles. The SMILES string of the molecule is CCNc1c2c(nc3c(F)ccc(F)c13)CCOC2. The smallest absolute Gasteiger partial charge is 0.149 e. The summed E-state index contributed by atoms with van der Waals surface area (Å²) in [6.07, 6.45) is 0.625. The molecule has 1 N–H and O–H groups in total. The second-order valence-electron chi connectivity index (χ2n) is 4.50. The van der Waals surface area contributed by atoms with Gasteiger partial charge in [-0.1, -0.05) is 0 Å². The van der Waals surface area contributed by atoms with E-state index >= 15 is 0 Å². The summed E-state index contributed by atoms with van der Waals surface area (Å²) >= 11 is 0. The number of nitrogens with zero attached hydrogens (tertiary/aromatic N) is 1. The number of fused-ring (bicyclic) bond motifs is 2. The van der Waals surface area contributed by atoms with Gasteiger partial charge in [0.15, 0.2) is 0 Å². The second-order valence-corrected chi connectivity index (χ2v) is 4.50. The molecular formula is C14H14F2N2O. The van der Waals surface area contributed by atoms with Crippen LogP contribution < -0.4 is 5.32 Å². The van der Waals surface area contributed by atoms with E-state index in [1.807, 2.05) is 6.92 Å². The molecule has 3 rings (SSSR count). The maximum Gasteiger partial charge on any atom is 0.149 e. The van der Waals surface area contributed by atoms with Crippen LogP contribution >= 0.6 is 0 Å². The number of benzene rings is 1. The fourth-order valence-electron chi connectivity index (χ4n) is 2.46. The van der Waals surface area contributed by atoms with Crippen molar-refractivity contribution in [2.24, 2.45) is 0 Å². The molecule has 0 saturated heterocycles. The van der Waals surface area contributed by atoms with Gasteiger partial charge in [-0.3, -0.25) is 0 Å². The number of pyridine rings is 1. The number of halogens is 2. The second kappa shape index (κ2) is 4.74. The molecule has 0 amide bonds. The van der Waals surface area contributed by atoms with Gasteiger partial charge in [0, 0.05) is 18.5 Å². The van der Waals surface area contributed by atoms with E-state index in [0.29, 0.717) is 31.9 Å². The lowest BCUT2D eigenvalue weighted by molar-refractivity contribution is 0.110. The molecule has 1 aliphatic rings. The number of rotatable bonds is 2. The lowest BCUT2D eigenvalue weighted by Gasteiger charge is -2.21. The minimum Gasteiger partial charge on any atom is -0.384 e. The van der Waals surface area contributed by atoms with Crippen molar-refractivity contribution in [1.29, 1.82) is 0 Å². The summed E-state index contributed by atoms with van der Waals surface area (Å²) in [4.78, 5) is 4.28. The minimum absolute atomic E-state index is 0.0941. The van der Waals surface area contributed by atoms with E-state index in [1.54, 1.807) is 0 Å². The van der Waals surface area contributed by atoms with Crippen molar-refractivity contribution in [1.82, 2.24) is 4.98 Å². The van der Waals surface area contributed by atoms with Crippen LogP contribution in [0.5, 0.6) is 0 Å². The first kappa shape index (κ1) is 12.3. The average Bonchev–Trinajstić information content (AvgIpc) is 2.43. The van der Waals surface area contributed by atoms with Crippen LogP contribution in [0, 0.1) is 11.6 Å². The van der Waals surface area contributed by atoms with Gasteiger partial charge in [-0.05, 0) is 19.1 Å². The Hall–Kier alpha value is -1.75. The van der Waals surface area contributed by atoms with Crippen molar-refractivity contribution < 1.29 is 13.5 Å². The third kappa shape index (κ3) is 1.94. The lowest BCUT2D eigenvalue weighted by atomic mass is 10.0. The quantitative estimate of drug-likeness (QED) is 0.905. The molecule has 0 saturated carbocycles. The van der Waals surface area contributed by atoms with Crippen molar-refractivity contribution in [2.45, 2.75) is 20.0 Å². The molecule has 19 heavy (non-hydrogen) atoms. The fraction of sp³-hybridized carbons (Fsp3) is 0.357. The first-order valence-electron chi connectivity index (χ1n) is 6.33. The van der Waals surface area contributed by atoms with E-state index in [0.717, 1.165) is 23.4 Å².